The maximum Gasteiger partial charge on any atom is 0.481 e. The topological polar surface area (TPSA) is 364 Å². The molecule has 59 heavy (non-hydrogen) atoms. The number of carbonyl (C=O) groups is 3. The molecule has 1 aliphatic heterocycles. The van der Waals surface area contributed by atoms with Gasteiger partial charge in [0.1, 0.15) is 36.3 Å². The standard InChI is InChI=1S/C31H52N7O17P3S/c1-18(2)7-6-8-19(3)13-22(40)59-12-11-33-21(39)9-10-34-29(43)26(42)31(4,5)15-52-58(49,50)55-57(47,48)51-14-20-25(54-56(44,45)46)24(41)30(53-20)38-17-37-23-27(32)35-16-36-28(23)38/h7,16-17,19-20,24-26,30,41-42H,6,8-15H2,1-5H3,(H,33,39)(H,34,43)(H,47,48)(H,49,50)(H2,32,35,36)(H2,44,45,46). The number of carbonyl (C=O) groups excluding carboxylic acids is 3. The van der Waals surface area contributed by atoms with Gasteiger partial charge in [0, 0.05) is 37.1 Å². The zero-order chi connectivity index (χ0) is 44.3. The molecule has 2 amide bonds. The minimum atomic E-state index is -5.57. The Labute approximate surface area is 343 Å². The lowest BCUT2D eigenvalue weighted by molar-refractivity contribution is -0.137. The van der Waals surface area contributed by atoms with Crippen molar-refractivity contribution in [1.82, 2.24) is 30.2 Å². The maximum atomic E-state index is 12.7. The second-order valence-electron chi connectivity index (χ2n) is 14.5. The first-order valence-corrected chi connectivity index (χ1v) is 23.5. The van der Waals surface area contributed by atoms with Gasteiger partial charge < -0.3 is 50.9 Å². The molecule has 2 aromatic rings. The molecule has 28 heteroatoms. The molecular weight excluding hydrogens is 867 g/mol. The van der Waals surface area contributed by atoms with E-state index in [9.17, 15) is 57.9 Å². The quantitative estimate of drug-likeness (QED) is 0.0408. The van der Waals surface area contributed by atoms with E-state index in [0.29, 0.717) is 12.2 Å². The van der Waals surface area contributed by atoms with Gasteiger partial charge in [0.05, 0.1) is 19.5 Å². The molecule has 0 spiro atoms. The smallest absolute Gasteiger partial charge is 0.386 e. The molecule has 24 nitrogen and oxygen atoms in total. The van der Waals surface area contributed by atoms with E-state index < -0.39 is 84.6 Å². The average Bonchev–Trinajstić information content (AvgIpc) is 3.67. The number of fused-ring (bicyclic) bond motifs is 1. The number of phosphoric acid groups is 3. The number of nitrogens with zero attached hydrogens (tertiary/aromatic N) is 4. The van der Waals surface area contributed by atoms with Crippen LogP contribution in [0, 0.1) is 11.3 Å². The summed E-state index contributed by atoms with van der Waals surface area (Å²) in [4.78, 5) is 88.0. The third-order valence-electron chi connectivity index (χ3n) is 8.49. The van der Waals surface area contributed by atoms with Gasteiger partial charge >= 0.3 is 23.5 Å². The lowest BCUT2D eigenvalue weighted by Crippen LogP contribution is -2.46. The number of ether oxygens (including phenoxy) is 1. The van der Waals surface area contributed by atoms with E-state index in [2.05, 4.69) is 40.5 Å². The summed E-state index contributed by atoms with van der Waals surface area (Å²) in [5.41, 5.74) is 5.50. The van der Waals surface area contributed by atoms with Gasteiger partial charge in [0.15, 0.2) is 22.8 Å². The minimum absolute atomic E-state index is 0.0286. The van der Waals surface area contributed by atoms with E-state index >= 15 is 0 Å². The molecule has 8 atom stereocenters. The van der Waals surface area contributed by atoms with Crippen LogP contribution in [-0.4, -0.2) is 123 Å². The number of allylic oxidation sites excluding steroid dienone is 2. The number of nitrogens with one attached hydrogen (secondary N) is 2. The van der Waals surface area contributed by atoms with E-state index in [-0.39, 0.29) is 47.5 Å². The van der Waals surface area contributed by atoms with Gasteiger partial charge in [-0.1, -0.05) is 44.2 Å². The van der Waals surface area contributed by atoms with Crippen molar-refractivity contribution >= 4 is 69.1 Å². The van der Waals surface area contributed by atoms with Crippen molar-refractivity contribution in [1.29, 1.82) is 0 Å². The first kappa shape index (κ1) is 50.7. The largest absolute Gasteiger partial charge is 0.481 e. The fraction of sp³-hybridized carbons (Fsp3) is 0.677. The highest BCUT2D eigenvalue weighted by atomic mass is 32.2. The highest BCUT2D eigenvalue weighted by Crippen LogP contribution is 2.61. The van der Waals surface area contributed by atoms with Gasteiger partial charge in [-0.15, -0.1) is 0 Å². The van der Waals surface area contributed by atoms with Crippen LogP contribution in [0.15, 0.2) is 24.3 Å². The van der Waals surface area contributed by atoms with Crippen molar-refractivity contribution in [2.45, 2.75) is 90.9 Å². The number of nitrogen functional groups attached to an aromatic ring is 1. The van der Waals surface area contributed by atoms with Crippen molar-refractivity contribution in [2.75, 3.05) is 37.8 Å². The second kappa shape index (κ2) is 21.9. The maximum absolute atomic E-state index is 12.7. The van der Waals surface area contributed by atoms with Crippen molar-refractivity contribution in [3.8, 4) is 0 Å². The van der Waals surface area contributed by atoms with E-state index in [0.717, 1.165) is 41.8 Å². The molecular formula is C31H52N7O17P3S. The Hall–Kier alpha value is -2.70. The van der Waals surface area contributed by atoms with E-state index in [1.807, 2.05) is 20.8 Å². The summed E-state index contributed by atoms with van der Waals surface area (Å²) >= 11 is 1.12. The number of imidazole rings is 1. The number of hydrogen-bond donors (Lipinski definition) is 9. The fourth-order valence-electron chi connectivity index (χ4n) is 5.40. The summed E-state index contributed by atoms with van der Waals surface area (Å²) in [6.45, 7) is 6.58. The molecule has 0 bridgehead atoms. The van der Waals surface area contributed by atoms with E-state index in [1.54, 1.807) is 0 Å². The third-order valence-corrected chi connectivity index (χ3v) is 12.5. The third kappa shape index (κ3) is 16.6. The van der Waals surface area contributed by atoms with Gasteiger partial charge in [0.2, 0.25) is 11.8 Å². The Bertz CT molecular complexity index is 1940. The van der Waals surface area contributed by atoms with Crippen LogP contribution in [0.25, 0.3) is 11.2 Å². The number of hydrogen-bond acceptors (Lipinski definition) is 18. The van der Waals surface area contributed by atoms with Gasteiger partial charge in [-0.25, -0.2) is 28.6 Å². The zero-order valence-corrected chi connectivity index (χ0v) is 36.3. The number of nitrogens with two attached hydrogens (primary N) is 1. The molecule has 1 aliphatic rings. The first-order chi connectivity index (χ1) is 27.3. The van der Waals surface area contributed by atoms with Crippen LogP contribution in [0.2, 0.25) is 0 Å². The van der Waals surface area contributed by atoms with Crippen LogP contribution < -0.4 is 16.4 Å². The Kier molecular flexibility index (Phi) is 18.8. The van der Waals surface area contributed by atoms with Gasteiger partial charge in [-0.3, -0.25) is 32.5 Å². The molecule has 0 aromatic carbocycles. The minimum Gasteiger partial charge on any atom is -0.386 e. The molecule has 10 N–H and O–H groups in total. The zero-order valence-electron chi connectivity index (χ0n) is 32.9. The van der Waals surface area contributed by atoms with Crippen LogP contribution >= 0.6 is 35.2 Å². The van der Waals surface area contributed by atoms with Crippen molar-refractivity contribution < 1.29 is 80.5 Å². The average molecular weight is 920 g/mol. The Morgan fingerprint density at radius 1 is 1.07 bits per heavy atom. The predicted octanol–water partition coefficient (Wildman–Crippen LogP) is 1.44. The second-order valence-corrected chi connectivity index (χ2v) is 19.8. The molecule has 334 valence electrons. The summed E-state index contributed by atoms with van der Waals surface area (Å²) in [5.74, 6) is -0.835. The molecule has 0 radical (unpaired) electrons. The predicted molar refractivity (Wildman–Crippen MR) is 210 cm³/mol. The first-order valence-electron chi connectivity index (χ1n) is 18.0. The lowest BCUT2D eigenvalue weighted by atomic mass is 9.87. The molecule has 1 fully saturated rings. The summed E-state index contributed by atoms with van der Waals surface area (Å²) < 4.78 is 62.2. The van der Waals surface area contributed by atoms with Gasteiger partial charge in [0.25, 0.3) is 0 Å². The molecule has 1 saturated heterocycles. The number of aliphatic hydroxyl groups excluding tert-OH is 2. The summed E-state index contributed by atoms with van der Waals surface area (Å²) in [6, 6.07) is 0. The summed E-state index contributed by atoms with van der Waals surface area (Å²) in [5, 5.41) is 26.5. The monoisotopic (exact) mass is 919 g/mol. The normalized spacial score (nSPS) is 21.6. The number of aliphatic hydroxyl groups is 2. The fourth-order valence-corrected chi connectivity index (χ4v) is 9.06. The van der Waals surface area contributed by atoms with Crippen LogP contribution in [-0.2, 0) is 50.7 Å². The number of aromatic nitrogens is 4. The SMILES string of the molecule is CC(C)=CCCC(C)CC(=O)SCCNC(=O)CCNC(=O)C(O)C(C)(C)COP(=O)(O)OP(=O)(O)OCC1OC(n2cnc3c(N)ncnc32)C(O)C1OP(=O)(O)O. The molecule has 0 aliphatic carbocycles. The van der Waals surface area contributed by atoms with Crippen LogP contribution in [0.1, 0.15) is 66.5 Å². The molecule has 0 saturated carbocycles. The Morgan fingerprint density at radius 3 is 2.41 bits per heavy atom. The van der Waals surface area contributed by atoms with Gasteiger partial charge in [-0.2, -0.15) is 4.31 Å². The number of anilines is 1. The highest BCUT2D eigenvalue weighted by Gasteiger charge is 2.50. The van der Waals surface area contributed by atoms with Crippen LogP contribution in [0.5, 0.6) is 0 Å². The summed E-state index contributed by atoms with van der Waals surface area (Å²) in [6.07, 6.45) is -2.54. The van der Waals surface area contributed by atoms with Gasteiger partial charge in [-0.05, 0) is 32.6 Å². The molecule has 3 rings (SSSR count). The Balaban J connectivity index is 1.44. The molecule has 2 aromatic heterocycles. The number of rotatable bonds is 24. The Morgan fingerprint density at radius 2 is 1.75 bits per heavy atom. The number of phosphoric ester groups is 3. The van der Waals surface area contributed by atoms with Crippen LogP contribution in [0.3, 0.4) is 0 Å². The van der Waals surface area contributed by atoms with E-state index in [4.69, 9.17) is 19.5 Å². The highest BCUT2D eigenvalue weighted by molar-refractivity contribution is 8.13. The lowest BCUT2D eigenvalue weighted by Gasteiger charge is -2.30. The number of thioether (sulfide) groups is 1. The van der Waals surface area contributed by atoms with E-state index in [1.165, 1.54) is 19.4 Å². The van der Waals surface area contributed by atoms with Crippen molar-refractivity contribution in [3.63, 3.8) is 0 Å². The number of amides is 2. The molecule has 8 unspecified atom stereocenters. The van der Waals surface area contributed by atoms with Crippen molar-refractivity contribution in [2.24, 2.45) is 11.3 Å². The van der Waals surface area contributed by atoms with Crippen molar-refractivity contribution in [3.05, 3.63) is 24.3 Å². The summed E-state index contributed by atoms with van der Waals surface area (Å²) in [7, 11) is -16.4. The van der Waals surface area contributed by atoms with Crippen LogP contribution in [0.4, 0.5) is 5.82 Å². The molecule has 3 heterocycles.